The molecule has 0 aliphatic rings. The number of hydrogen-bond acceptors (Lipinski definition) is 8. The summed E-state index contributed by atoms with van der Waals surface area (Å²) in [5.41, 5.74) is -0.578. The first-order valence-corrected chi connectivity index (χ1v) is 8.31. The lowest BCUT2D eigenvalue weighted by molar-refractivity contribution is 0.140. The summed E-state index contributed by atoms with van der Waals surface area (Å²) in [6.07, 6.45) is -2.40. The Balaban J connectivity index is 2.39. The summed E-state index contributed by atoms with van der Waals surface area (Å²) in [4.78, 5) is 38.9. The van der Waals surface area contributed by atoms with E-state index in [0.29, 0.717) is 10.6 Å². The normalized spacial score (nSPS) is 10.6. The number of carbonyl (C=O) groups excluding carboxylic acids is 1. The molecule has 0 radical (unpaired) electrons. The molecule has 0 aromatic carbocycles. The molecule has 2 heterocycles. The summed E-state index contributed by atoms with van der Waals surface area (Å²) in [5, 5.41) is 22.6. The van der Waals surface area contributed by atoms with E-state index in [9.17, 15) is 19.5 Å². The van der Waals surface area contributed by atoms with Crippen LogP contribution >= 0.6 is 11.3 Å². The van der Waals surface area contributed by atoms with Crippen molar-refractivity contribution < 1.29 is 29.3 Å². The Morgan fingerprint density at radius 2 is 2.12 bits per heavy atom. The average molecular weight is 383 g/mol. The van der Waals surface area contributed by atoms with Crippen molar-refractivity contribution in [2.45, 2.75) is 13.8 Å². The minimum Gasteiger partial charge on any atom is -0.499 e. The zero-order valence-corrected chi connectivity index (χ0v) is 15.0. The number of hydrogen-bond donors (Lipinski definition) is 3. The van der Waals surface area contributed by atoms with E-state index in [0.717, 1.165) is 15.9 Å². The first kappa shape index (κ1) is 19.2. The third-order valence-electron chi connectivity index (χ3n) is 3.07. The van der Waals surface area contributed by atoms with Crippen LogP contribution in [0.4, 0.5) is 15.3 Å². The molecule has 2 aromatic heterocycles. The maximum absolute atomic E-state index is 12.1. The van der Waals surface area contributed by atoms with Crippen molar-refractivity contribution in [2.24, 2.45) is 13.0 Å². The monoisotopic (exact) mass is 383 g/mol. The fourth-order valence-electron chi connectivity index (χ4n) is 1.90. The van der Waals surface area contributed by atoms with Crippen LogP contribution in [-0.2, 0) is 11.8 Å². The molecule has 0 fully saturated rings. The fraction of sp³-hybridized carbons (Fsp3) is 0.333. The average Bonchev–Trinajstić information content (AvgIpc) is 3.01. The molecular weight excluding hydrogens is 366 g/mol. The molecule has 0 aliphatic carbocycles. The van der Waals surface area contributed by atoms with Gasteiger partial charge in [0.2, 0.25) is 5.75 Å². The van der Waals surface area contributed by atoms with Gasteiger partial charge in [-0.1, -0.05) is 13.8 Å². The number of anilines is 1. The van der Waals surface area contributed by atoms with Gasteiger partial charge in [-0.05, 0) is 17.4 Å². The van der Waals surface area contributed by atoms with E-state index in [-0.39, 0.29) is 18.3 Å². The molecule has 3 N–H and O–H groups in total. The number of nitrogens with zero attached hydrogens (tertiary/aromatic N) is 2. The van der Waals surface area contributed by atoms with Gasteiger partial charge in [0.25, 0.3) is 11.4 Å². The summed E-state index contributed by atoms with van der Waals surface area (Å²) in [5.74, 6) is -1.49. The summed E-state index contributed by atoms with van der Waals surface area (Å²) in [7, 11) is 1.34. The van der Waals surface area contributed by atoms with Gasteiger partial charge in [0.1, 0.15) is 0 Å². The van der Waals surface area contributed by atoms with Crippen LogP contribution in [0.1, 0.15) is 13.8 Å². The third kappa shape index (κ3) is 4.30. The first-order chi connectivity index (χ1) is 12.2. The number of amides is 1. The second-order valence-electron chi connectivity index (χ2n) is 5.60. The third-order valence-corrected chi connectivity index (χ3v) is 3.98. The second-order valence-corrected chi connectivity index (χ2v) is 6.52. The smallest absolute Gasteiger partial charge is 0.499 e. The largest absolute Gasteiger partial charge is 0.512 e. The number of thiophene rings is 1. The van der Waals surface area contributed by atoms with Crippen LogP contribution in [0.3, 0.4) is 0 Å². The highest BCUT2D eigenvalue weighted by molar-refractivity contribution is 7.14. The van der Waals surface area contributed by atoms with Gasteiger partial charge in [-0.3, -0.25) is 14.7 Å². The van der Waals surface area contributed by atoms with E-state index in [1.54, 1.807) is 11.4 Å². The summed E-state index contributed by atoms with van der Waals surface area (Å²) >= 11 is 1.15. The lowest BCUT2D eigenvalue weighted by Crippen LogP contribution is -2.22. The quantitative estimate of drug-likeness (QED) is 0.669. The number of carbonyl (C=O) groups is 2. The van der Waals surface area contributed by atoms with E-state index < -0.39 is 29.4 Å². The fourth-order valence-corrected chi connectivity index (χ4v) is 2.77. The molecule has 0 aliphatic heterocycles. The van der Waals surface area contributed by atoms with Crippen LogP contribution in [-0.4, -0.2) is 38.6 Å². The Morgan fingerprint density at radius 3 is 2.73 bits per heavy atom. The zero-order chi connectivity index (χ0) is 19.4. The van der Waals surface area contributed by atoms with Crippen LogP contribution in [0.25, 0.3) is 10.7 Å². The van der Waals surface area contributed by atoms with Crippen LogP contribution in [0.5, 0.6) is 11.6 Å². The molecule has 0 unspecified atom stereocenters. The molecule has 2 rings (SSSR count). The van der Waals surface area contributed by atoms with Gasteiger partial charge < -0.3 is 19.7 Å². The molecule has 0 atom stereocenters. The van der Waals surface area contributed by atoms with Crippen LogP contribution < -0.4 is 15.6 Å². The van der Waals surface area contributed by atoms with Crippen molar-refractivity contribution in [3.63, 3.8) is 0 Å². The molecule has 1 amide bonds. The second kappa shape index (κ2) is 7.87. The lowest BCUT2D eigenvalue weighted by Gasteiger charge is -2.12. The molecule has 0 bridgehead atoms. The van der Waals surface area contributed by atoms with Gasteiger partial charge in [-0.15, -0.1) is 11.3 Å². The van der Waals surface area contributed by atoms with Crippen molar-refractivity contribution in [1.82, 2.24) is 9.55 Å². The van der Waals surface area contributed by atoms with Crippen LogP contribution in [0.2, 0.25) is 0 Å². The molecule has 11 heteroatoms. The van der Waals surface area contributed by atoms with Gasteiger partial charge in [-0.2, -0.15) is 4.98 Å². The maximum Gasteiger partial charge on any atom is 0.512 e. The summed E-state index contributed by atoms with van der Waals surface area (Å²) in [6.45, 7) is 4.02. The van der Waals surface area contributed by atoms with Crippen LogP contribution in [0.15, 0.2) is 16.2 Å². The minimum absolute atomic E-state index is 0.0122. The van der Waals surface area contributed by atoms with E-state index in [4.69, 9.17) is 9.84 Å². The predicted octanol–water partition coefficient (Wildman–Crippen LogP) is 2.48. The van der Waals surface area contributed by atoms with Crippen LogP contribution in [0, 0.1) is 5.92 Å². The predicted molar refractivity (Wildman–Crippen MR) is 92.9 cm³/mol. The number of ether oxygens (including phenoxy) is 2. The number of rotatable bonds is 5. The summed E-state index contributed by atoms with van der Waals surface area (Å²) in [6, 6.07) is 1.58. The summed E-state index contributed by atoms with van der Waals surface area (Å²) < 4.78 is 10.4. The van der Waals surface area contributed by atoms with Crippen molar-refractivity contribution in [1.29, 1.82) is 0 Å². The molecule has 0 saturated heterocycles. The Labute approximate surface area is 151 Å². The zero-order valence-electron chi connectivity index (χ0n) is 14.2. The van der Waals surface area contributed by atoms with E-state index >= 15 is 0 Å². The standard InChI is InChI=1S/C15H17N3O7S/c1-7(2)6-24-14(21)16-8-4-5-26-10(8)11-17-12(25-15(22)23)9(19)13(20)18(11)3/h4-5,7,19H,6H2,1-3H3,(H,16,21)(H,22,23). The molecular formula is C15H17N3O7S. The van der Waals surface area contributed by atoms with Gasteiger partial charge in [0.05, 0.1) is 17.2 Å². The van der Waals surface area contributed by atoms with Crippen molar-refractivity contribution in [3.8, 4) is 22.3 Å². The lowest BCUT2D eigenvalue weighted by atomic mass is 10.2. The van der Waals surface area contributed by atoms with Crippen molar-refractivity contribution >= 4 is 29.3 Å². The Bertz CT molecular complexity index is 888. The number of carboxylic acid groups (broad SMARTS) is 1. The molecule has 2 aromatic rings. The van der Waals surface area contributed by atoms with E-state index in [1.807, 2.05) is 13.8 Å². The highest BCUT2D eigenvalue weighted by Crippen LogP contribution is 2.34. The van der Waals surface area contributed by atoms with Crippen molar-refractivity contribution in [3.05, 3.63) is 21.8 Å². The Morgan fingerprint density at radius 1 is 1.42 bits per heavy atom. The molecule has 26 heavy (non-hydrogen) atoms. The van der Waals surface area contributed by atoms with Gasteiger partial charge in [0.15, 0.2) is 5.82 Å². The van der Waals surface area contributed by atoms with Gasteiger partial charge >= 0.3 is 12.2 Å². The molecule has 0 spiro atoms. The molecule has 10 nitrogen and oxygen atoms in total. The molecule has 140 valence electrons. The van der Waals surface area contributed by atoms with Gasteiger partial charge in [0, 0.05) is 7.05 Å². The SMILES string of the molecule is CC(C)COC(=O)Nc1ccsc1-c1nc(OC(=O)O)c(O)c(=O)n1C. The highest BCUT2D eigenvalue weighted by atomic mass is 32.1. The van der Waals surface area contributed by atoms with E-state index in [2.05, 4.69) is 15.0 Å². The maximum atomic E-state index is 12.1. The number of aromatic hydroxyl groups is 1. The van der Waals surface area contributed by atoms with Crippen molar-refractivity contribution in [2.75, 3.05) is 11.9 Å². The number of nitrogens with one attached hydrogen (secondary N) is 1. The number of aromatic nitrogens is 2. The van der Waals surface area contributed by atoms with E-state index in [1.165, 1.54) is 7.05 Å². The minimum atomic E-state index is -1.73. The first-order valence-electron chi connectivity index (χ1n) is 7.43. The Kier molecular flexibility index (Phi) is 5.82. The topological polar surface area (TPSA) is 140 Å². The Hall–Kier alpha value is -3.08. The highest BCUT2D eigenvalue weighted by Gasteiger charge is 2.21. The molecule has 0 saturated carbocycles. The van der Waals surface area contributed by atoms with Gasteiger partial charge in [-0.25, -0.2) is 9.59 Å².